The molecular weight excluding hydrogens is 1080 g/mol. The Morgan fingerprint density at radius 3 is 1.40 bits per heavy atom. The quantitative estimate of drug-likeness (QED) is 0.0490. The normalized spacial score (nSPS) is 15.6. The van der Waals surface area contributed by atoms with Crippen molar-refractivity contribution in [2.75, 3.05) is 62.4 Å². The summed E-state index contributed by atoms with van der Waals surface area (Å²) in [6, 6.07) is -10.4. The van der Waals surface area contributed by atoms with Crippen LogP contribution in [0.1, 0.15) is 149 Å². The van der Waals surface area contributed by atoms with E-state index in [1.165, 1.54) is 68.8 Å². The van der Waals surface area contributed by atoms with Crippen LogP contribution in [0.4, 0.5) is 0 Å². The van der Waals surface area contributed by atoms with Crippen LogP contribution in [0.5, 0.6) is 0 Å². The number of aliphatic hydroxyl groups excluding tert-OH is 1. The summed E-state index contributed by atoms with van der Waals surface area (Å²) in [6.07, 6.45) is 3.33. The maximum Gasteiger partial charge on any atom is 0.246 e. The Labute approximate surface area is 502 Å². The Hall–Kier alpha value is -6.17. The third-order valence-electron chi connectivity index (χ3n) is 15.5. The maximum atomic E-state index is 15.0. The van der Waals surface area contributed by atoms with E-state index in [0.29, 0.717) is 12.8 Å². The Morgan fingerprint density at radius 1 is 0.512 bits per heavy atom. The Bertz CT molecular complexity index is 2240. The fourth-order valence-corrected chi connectivity index (χ4v) is 10.0. The molecule has 0 heterocycles. The summed E-state index contributed by atoms with van der Waals surface area (Å²) in [7, 11) is 10.0. The standard InChI is InChI=1S/C60H110N12O12/c1-23-26-27-39(14)51(75)50(72(22)60(84)49(38(12)13)71(21)58(82)45(32-36(8)9)70(20)57(81)44(31-35(6)7)68(18)46(73)25-3)55(79)64-41(24-2)56(80)66(16)33-47(74)67(17)42(28-29-61)53(77)65-48(37(10)11)59(83)69(19)43(30-34(4)5)54(78)63-40(15)52(62)76/h23,26,34-45,48-51,75H,24-25,27-33,61H2,1-22H3,(H2,62,76)(H,63,78)(H,64,79)(H,65,77)/b26-23+/t39-,40-,41+,42+,43+,44+,45+,48+,49+,50+,51-/m1/s1. The molecule has 0 aromatic carbocycles. The lowest BCUT2D eigenvalue weighted by Crippen LogP contribution is -2.63. The number of hydrogen-bond donors (Lipinski definition) is 6. The Kier molecular flexibility index (Phi) is 33.9. The second kappa shape index (κ2) is 36.6. The summed E-state index contributed by atoms with van der Waals surface area (Å²) < 4.78 is 0. The third kappa shape index (κ3) is 22.7. The van der Waals surface area contributed by atoms with Crippen LogP contribution in [-0.4, -0.2) is 227 Å². The van der Waals surface area contributed by atoms with Crippen LogP contribution in [-0.2, 0) is 52.7 Å². The predicted octanol–water partition coefficient (Wildman–Crippen LogP) is 1.95. The largest absolute Gasteiger partial charge is 0.390 e. The number of nitrogens with two attached hydrogens (primary N) is 2. The van der Waals surface area contributed by atoms with Gasteiger partial charge < -0.3 is 66.8 Å². The summed E-state index contributed by atoms with van der Waals surface area (Å²) in [5.74, 6) is -8.67. The van der Waals surface area contributed by atoms with E-state index in [2.05, 4.69) is 16.0 Å². The average Bonchev–Trinajstić information content (AvgIpc) is 3.38. The fraction of sp³-hybridized carbons (Fsp3) is 0.783. The molecule has 0 saturated carbocycles. The van der Waals surface area contributed by atoms with Gasteiger partial charge in [-0.3, -0.25) is 52.7 Å². The van der Waals surface area contributed by atoms with Crippen molar-refractivity contribution in [1.82, 2.24) is 50.2 Å². The number of likely N-dealkylation sites (N-methyl/N-ethyl adjacent to an activating group) is 7. The first-order chi connectivity index (χ1) is 38.8. The minimum atomic E-state index is -1.61. The molecule has 24 nitrogen and oxygen atoms in total. The van der Waals surface area contributed by atoms with Gasteiger partial charge in [0, 0.05) is 55.8 Å². The number of nitrogens with zero attached hydrogens (tertiary/aromatic N) is 7. The molecule has 0 fully saturated rings. The first kappa shape index (κ1) is 77.8. The van der Waals surface area contributed by atoms with Crippen LogP contribution < -0.4 is 27.4 Å². The lowest BCUT2D eigenvalue weighted by Gasteiger charge is -2.41. The topological polar surface area (TPSA) is 319 Å². The molecule has 0 aliphatic carbocycles. The number of amides is 11. The summed E-state index contributed by atoms with van der Waals surface area (Å²) in [5.41, 5.74) is 11.3. The summed E-state index contributed by atoms with van der Waals surface area (Å²) in [6.45, 7) is 25.9. The maximum absolute atomic E-state index is 15.0. The second-order valence-electron chi connectivity index (χ2n) is 24.6. The van der Waals surface area contributed by atoms with E-state index in [-0.39, 0.29) is 62.3 Å². The molecule has 0 bridgehead atoms. The van der Waals surface area contributed by atoms with Crippen LogP contribution in [0.15, 0.2) is 12.2 Å². The molecule has 482 valence electrons. The van der Waals surface area contributed by atoms with Crippen molar-refractivity contribution in [2.45, 2.75) is 209 Å². The first-order valence-electron chi connectivity index (χ1n) is 29.9. The molecule has 0 saturated heterocycles. The van der Waals surface area contributed by atoms with Gasteiger partial charge in [-0.05, 0) is 94.4 Å². The number of nitrogens with one attached hydrogen (secondary N) is 3. The number of carbonyl (C=O) groups is 11. The monoisotopic (exact) mass is 1190 g/mol. The molecule has 0 aliphatic heterocycles. The van der Waals surface area contributed by atoms with E-state index < -0.39 is 144 Å². The predicted molar refractivity (Wildman–Crippen MR) is 325 cm³/mol. The summed E-state index contributed by atoms with van der Waals surface area (Å²) >= 11 is 0. The van der Waals surface area contributed by atoms with E-state index in [4.69, 9.17) is 11.5 Å². The zero-order valence-electron chi connectivity index (χ0n) is 55.0. The van der Waals surface area contributed by atoms with E-state index >= 15 is 4.79 Å². The van der Waals surface area contributed by atoms with Gasteiger partial charge in [0.2, 0.25) is 65.0 Å². The van der Waals surface area contributed by atoms with Gasteiger partial charge in [0.15, 0.2) is 0 Å². The van der Waals surface area contributed by atoms with Crippen LogP contribution in [0.25, 0.3) is 0 Å². The zero-order valence-corrected chi connectivity index (χ0v) is 55.0. The van der Waals surface area contributed by atoms with Crippen molar-refractivity contribution < 1.29 is 57.8 Å². The van der Waals surface area contributed by atoms with Gasteiger partial charge in [-0.15, -0.1) is 0 Å². The molecular formula is C60H110N12O12. The number of aliphatic hydroxyl groups is 1. The van der Waals surface area contributed by atoms with Crippen LogP contribution in [0.2, 0.25) is 0 Å². The van der Waals surface area contributed by atoms with Gasteiger partial charge in [-0.25, -0.2) is 0 Å². The third-order valence-corrected chi connectivity index (χ3v) is 15.5. The fourth-order valence-electron chi connectivity index (χ4n) is 10.0. The molecule has 84 heavy (non-hydrogen) atoms. The molecule has 0 aliphatic rings. The lowest BCUT2D eigenvalue weighted by molar-refractivity contribution is -0.157. The highest BCUT2D eigenvalue weighted by atomic mass is 16.3. The number of carbonyl (C=O) groups excluding carboxylic acids is 11. The van der Waals surface area contributed by atoms with Crippen molar-refractivity contribution in [3.8, 4) is 0 Å². The van der Waals surface area contributed by atoms with E-state index in [0.717, 1.165) is 14.7 Å². The molecule has 0 spiro atoms. The highest BCUT2D eigenvalue weighted by Crippen LogP contribution is 2.25. The SMILES string of the molecule is C/C=C/C[C@@H](C)[C@@H](O)[C@@H](C(=O)N[C@@H](CC)C(=O)N(C)CC(=O)N(C)[C@@H](CCN)C(=O)N[C@H](C(=O)N(C)[C@@H](CC(C)C)C(=O)N[C@H](C)C(N)=O)C(C)C)N(C)C(=O)[C@H](C(C)C)N(C)C(=O)[C@H](CC(C)C)N(C)C(=O)[C@H](CC(C)C)N(C)C(=O)CC. The smallest absolute Gasteiger partial charge is 0.246 e. The molecule has 24 heteroatoms. The molecule has 0 aromatic rings. The number of primary amides is 1. The minimum absolute atomic E-state index is 0.00439. The van der Waals surface area contributed by atoms with Gasteiger partial charge in [0.1, 0.15) is 54.4 Å². The number of hydrogen-bond acceptors (Lipinski definition) is 13. The number of rotatable bonds is 36. The number of allylic oxidation sites excluding steroid dienone is 2. The molecule has 0 unspecified atom stereocenters. The van der Waals surface area contributed by atoms with Crippen LogP contribution >= 0.6 is 0 Å². The van der Waals surface area contributed by atoms with Crippen molar-refractivity contribution in [2.24, 2.45) is 47.0 Å². The van der Waals surface area contributed by atoms with Crippen molar-refractivity contribution in [3.63, 3.8) is 0 Å². The average molecular weight is 1190 g/mol. The zero-order chi connectivity index (χ0) is 65.5. The highest BCUT2D eigenvalue weighted by Gasteiger charge is 2.45. The Balaban J connectivity index is 7.02. The summed E-state index contributed by atoms with van der Waals surface area (Å²) in [5, 5.41) is 20.1. The van der Waals surface area contributed by atoms with E-state index in [9.17, 15) is 53.1 Å². The van der Waals surface area contributed by atoms with E-state index in [1.807, 2.05) is 41.5 Å². The highest BCUT2D eigenvalue weighted by molar-refractivity contribution is 5.98. The molecule has 0 aromatic heterocycles. The molecule has 8 N–H and O–H groups in total. The molecule has 0 radical (unpaired) electrons. The molecule has 0 rings (SSSR count). The van der Waals surface area contributed by atoms with Gasteiger partial charge in [-0.2, -0.15) is 0 Å². The van der Waals surface area contributed by atoms with Crippen molar-refractivity contribution in [1.29, 1.82) is 0 Å². The van der Waals surface area contributed by atoms with Gasteiger partial charge in [0.25, 0.3) is 0 Å². The van der Waals surface area contributed by atoms with Crippen molar-refractivity contribution >= 4 is 65.0 Å². The summed E-state index contributed by atoms with van der Waals surface area (Å²) in [4.78, 5) is 162. The van der Waals surface area contributed by atoms with Gasteiger partial charge in [0.05, 0.1) is 12.6 Å². The van der Waals surface area contributed by atoms with Crippen LogP contribution in [0.3, 0.4) is 0 Å². The molecule has 11 amide bonds. The van der Waals surface area contributed by atoms with Crippen molar-refractivity contribution in [3.05, 3.63) is 12.2 Å². The molecule has 11 atom stereocenters. The van der Waals surface area contributed by atoms with Gasteiger partial charge in [-0.1, -0.05) is 102 Å². The van der Waals surface area contributed by atoms with E-state index in [1.54, 1.807) is 74.6 Å². The second-order valence-corrected chi connectivity index (χ2v) is 24.6. The van der Waals surface area contributed by atoms with Crippen LogP contribution in [0, 0.1) is 35.5 Å². The lowest BCUT2D eigenvalue weighted by atomic mass is 9.91. The first-order valence-corrected chi connectivity index (χ1v) is 29.9. The minimum Gasteiger partial charge on any atom is -0.390 e. The van der Waals surface area contributed by atoms with Gasteiger partial charge >= 0.3 is 0 Å². The Morgan fingerprint density at radius 2 is 0.964 bits per heavy atom.